The van der Waals surface area contributed by atoms with E-state index in [9.17, 15) is 9.59 Å². The molecule has 0 aliphatic heterocycles. The lowest BCUT2D eigenvalue weighted by atomic mass is 10.2. The van der Waals surface area contributed by atoms with Crippen molar-refractivity contribution in [3.63, 3.8) is 0 Å². The standard InChI is InChI=1S/C14H17NO3/c1-9(2)18-14(17)11-5-7-12(8-6-11)15-13(16)10-3-4-10/h5-10H,3-4H2,1-2H3,(H,15,16). The quantitative estimate of drug-likeness (QED) is 0.832. The van der Waals surface area contributed by atoms with Crippen molar-refractivity contribution in [2.75, 3.05) is 5.32 Å². The Morgan fingerprint density at radius 1 is 1.22 bits per heavy atom. The number of rotatable bonds is 4. The number of nitrogens with one attached hydrogen (secondary N) is 1. The highest BCUT2D eigenvalue weighted by molar-refractivity contribution is 5.95. The molecule has 0 spiro atoms. The van der Waals surface area contributed by atoms with E-state index in [-0.39, 0.29) is 23.9 Å². The molecule has 1 amide bonds. The number of carbonyl (C=O) groups excluding carboxylic acids is 2. The molecule has 1 aromatic carbocycles. The Labute approximate surface area is 106 Å². The predicted molar refractivity (Wildman–Crippen MR) is 68.3 cm³/mol. The summed E-state index contributed by atoms with van der Waals surface area (Å²) in [6.07, 6.45) is 1.82. The summed E-state index contributed by atoms with van der Waals surface area (Å²) in [7, 11) is 0. The zero-order valence-electron chi connectivity index (χ0n) is 10.6. The highest BCUT2D eigenvalue weighted by Crippen LogP contribution is 2.30. The minimum absolute atomic E-state index is 0.0625. The molecule has 0 heterocycles. The minimum Gasteiger partial charge on any atom is -0.459 e. The summed E-state index contributed by atoms with van der Waals surface area (Å²) < 4.78 is 5.08. The molecule has 1 fully saturated rings. The van der Waals surface area contributed by atoms with Gasteiger partial charge in [0.05, 0.1) is 11.7 Å². The van der Waals surface area contributed by atoms with Crippen molar-refractivity contribution < 1.29 is 14.3 Å². The number of hydrogen-bond donors (Lipinski definition) is 1. The number of carbonyl (C=O) groups is 2. The molecule has 0 radical (unpaired) electrons. The second kappa shape index (κ2) is 5.21. The first-order valence-electron chi connectivity index (χ1n) is 6.18. The molecule has 0 atom stereocenters. The summed E-state index contributed by atoms with van der Waals surface area (Å²) in [5.74, 6) is -0.104. The van der Waals surface area contributed by atoms with Crippen LogP contribution in [0.3, 0.4) is 0 Å². The first-order chi connectivity index (χ1) is 8.56. The Kier molecular flexibility index (Phi) is 3.65. The predicted octanol–water partition coefficient (Wildman–Crippen LogP) is 2.60. The highest BCUT2D eigenvalue weighted by Gasteiger charge is 2.29. The van der Waals surface area contributed by atoms with Gasteiger partial charge < -0.3 is 10.1 Å². The molecule has 1 saturated carbocycles. The third kappa shape index (κ3) is 3.32. The Hall–Kier alpha value is -1.84. The maximum atomic E-state index is 11.6. The number of esters is 1. The van der Waals surface area contributed by atoms with E-state index >= 15 is 0 Å². The van der Waals surface area contributed by atoms with Crippen LogP contribution in [0, 0.1) is 5.92 Å². The maximum absolute atomic E-state index is 11.6. The summed E-state index contributed by atoms with van der Waals surface area (Å²) in [5.41, 5.74) is 1.21. The van der Waals surface area contributed by atoms with Crippen molar-refractivity contribution in [2.45, 2.75) is 32.8 Å². The minimum atomic E-state index is -0.343. The van der Waals surface area contributed by atoms with Gasteiger partial charge >= 0.3 is 5.97 Å². The van der Waals surface area contributed by atoms with Gasteiger partial charge in [-0.15, -0.1) is 0 Å². The van der Waals surface area contributed by atoms with Crippen LogP contribution in [0.15, 0.2) is 24.3 Å². The molecule has 2 rings (SSSR count). The molecule has 1 N–H and O–H groups in total. The fraction of sp³-hybridized carbons (Fsp3) is 0.429. The van der Waals surface area contributed by atoms with Crippen LogP contribution in [0.25, 0.3) is 0 Å². The van der Waals surface area contributed by atoms with Crippen molar-refractivity contribution in [2.24, 2.45) is 5.92 Å². The van der Waals surface area contributed by atoms with Gasteiger partial charge in [0, 0.05) is 11.6 Å². The topological polar surface area (TPSA) is 55.4 Å². The Morgan fingerprint density at radius 2 is 1.83 bits per heavy atom. The summed E-state index contributed by atoms with van der Waals surface area (Å²) in [5, 5.41) is 2.82. The smallest absolute Gasteiger partial charge is 0.338 e. The average molecular weight is 247 g/mol. The normalized spacial score (nSPS) is 14.4. The van der Waals surface area contributed by atoms with Crippen molar-refractivity contribution in [1.29, 1.82) is 0 Å². The molecule has 1 aliphatic carbocycles. The van der Waals surface area contributed by atoms with Gasteiger partial charge in [-0.1, -0.05) is 0 Å². The van der Waals surface area contributed by atoms with Gasteiger partial charge in [0.2, 0.25) is 5.91 Å². The first kappa shape index (κ1) is 12.6. The van der Waals surface area contributed by atoms with Crippen molar-refractivity contribution in [3.8, 4) is 0 Å². The second-order valence-electron chi connectivity index (χ2n) is 4.79. The van der Waals surface area contributed by atoms with Crippen LogP contribution in [-0.4, -0.2) is 18.0 Å². The first-order valence-corrected chi connectivity index (χ1v) is 6.18. The second-order valence-corrected chi connectivity index (χ2v) is 4.79. The zero-order valence-corrected chi connectivity index (χ0v) is 10.6. The van der Waals surface area contributed by atoms with Crippen LogP contribution in [0.1, 0.15) is 37.0 Å². The van der Waals surface area contributed by atoms with E-state index in [0.717, 1.165) is 12.8 Å². The molecule has 96 valence electrons. The van der Waals surface area contributed by atoms with Gasteiger partial charge in [-0.3, -0.25) is 4.79 Å². The van der Waals surface area contributed by atoms with E-state index in [4.69, 9.17) is 4.74 Å². The van der Waals surface area contributed by atoms with Crippen molar-refractivity contribution in [3.05, 3.63) is 29.8 Å². The van der Waals surface area contributed by atoms with E-state index in [1.165, 1.54) is 0 Å². The van der Waals surface area contributed by atoms with E-state index in [0.29, 0.717) is 11.3 Å². The summed E-state index contributed by atoms with van der Waals surface area (Å²) in [6, 6.07) is 6.76. The zero-order chi connectivity index (χ0) is 13.1. The number of anilines is 1. The van der Waals surface area contributed by atoms with Crippen LogP contribution < -0.4 is 5.32 Å². The molecular formula is C14H17NO3. The molecule has 4 heteroatoms. The lowest BCUT2D eigenvalue weighted by molar-refractivity contribution is -0.117. The summed E-state index contributed by atoms with van der Waals surface area (Å²) in [6.45, 7) is 3.62. The fourth-order valence-corrected chi connectivity index (χ4v) is 1.56. The lowest BCUT2D eigenvalue weighted by Crippen LogP contribution is -2.14. The van der Waals surface area contributed by atoms with Crippen LogP contribution in [0.4, 0.5) is 5.69 Å². The van der Waals surface area contributed by atoms with Crippen LogP contribution in [0.5, 0.6) is 0 Å². The van der Waals surface area contributed by atoms with E-state index < -0.39 is 0 Å². The molecule has 0 aromatic heterocycles. The number of amides is 1. The average Bonchev–Trinajstić information content (AvgIpc) is 3.12. The van der Waals surface area contributed by atoms with Gasteiger partial charge in [0.25, 0.3) is 0 Å². The SMILES string of the molecule is CC(C)OC(=O)c1ccc(NC(=O)C2CC2)cc1. The van der Waals surface area contributed by atoms with E-state index in [1.807, 2.05) is 13.8 Å². The van der Waals surface area contributed by atoms with Crippen LogP contribution >= 0.6 is 0 Å². The van der Waals surface area contributed by atoms with Crippen molar-refractivity contribution >= 4 is 17.6 Å². The number of benzene rings is 1. The highest BCUT2D eigenvalue weighted by atomic mass is 16.5. The number of ether oxygens (including phenoxy) is 1. The molecule has 0 bridgehead atoms. The van der Waals surface area contributed by atoms with E-state index in [2.05, 4.69) is 5.32 Å². The van der Waals surface area contributed by atoms with Crippen LogP contribution in [0.2, 0.25) is 0 Å². The molecule has 1 aromatic rings. The van der Waals surface area contributed by atoms with Gasteiger partial charge in [-0.05, 0) is 51.0 Å². The van der Waals surface area contributed by atoms with E-state index in [1.54, 1.807) is 24.3 Å². The third-order valence-electron chi connectivity index (χ3n) is 2.68. The Morgan fingerprint density at radius 3 is 2.33 bits per heavy atom. The van der Waals surface area contributed by atoms with Gasteiger partial charge in [-0.25, -0.2) is 4.79 Å². The molecule has 0 unspecified atom stereocenters. The number of hydrogen-bond acceptors (Lipinski definition) is 3. The van der Waals surface area contributed by atoms with Crippen LogP contribution in [-0.2, 0) is 9.53 Å². The van der Waals surface area contributed by atoms with Gasteiger partial charge in [0.15, 0.2) is 0 Å². The van der Waals surface area contributed by atoms with Crippen molar-refractivity contribution in [1.82, 2.24) is 0 Å². The maximum Gasteiger partial charge on any atom is 0.338 e. The third-order valence-corrected chi connectivity index (χ3v) is 2.68. The van der Waals surface area contributed by atoms with Gasteiger partial charge in [0.1, 0.15) is 0 Å². The largest absolute Gasteiger partial charge is 0.459 e. The summed E-state index contributed by atoms with van der Waals surface area (Å²) >= 11 is 0. The van der Waals surface area contributed by atoms with Gasteiger partial charge in [-0.2, -0.15) is 0 Å². The molecule has 1 aliphatic rings. The molecule has 4 nitrogen and oxygen atoms in total. The monoisotopic (exact) mass is 247 g/mol. The molecular weight excluding hydrogens is 230 g/mol. The summed E-state index contributed by atoms with van der Waals surface area (Å²) in [4.78, 5) is 23.1. The molecule has 0 saturated heterocycles. The lowest BCUT2D eigenvalue weighted by Gasteiger charge is -2.08. The Bertz CT molecular complexity index is 447. The molecule has 18 heavy (non-hydrogen) atoms. The Balaban J connectivity index is 1.96. The fourth-order valence-electron chi connectivity index (χ4n) is 1.56.